The quantitative estimate of drug-likeness (QED) is 0.628. The number of carbonyl (C=O) groups excluding carboxylic acids is 2. The molecule has 0 saturated carbocycles. The van der Waals surface area contributed by atoms with Gasteiger partial charge in [0.15, 0.2) is 0 Å². The van der Waals surface area contributed by atoms with Crippen molar-refractivity contribution in [3.8, 4) is 0 Å². The van der Waals surface area contributed by atoms with E-state index in [2.05, 4.69) is 0 Å². The first-order valence-electron chi connectivity index (χ1n) is 11.0. The maximum atomic E-state index is 13.1. The number of rotatable bonds is 6. The van der Waals surface area contributed by atoms with Gasteiger partial charge in [0.05, 0.1) is 18.3 Å². The van der Waals surface area contributed by atoms with Crippen molar-refractivity contribution in [1.82, 2.24) is 9.80 Å². The first-order chi connectivity index (χ1) is 15.5. The molecule has 0 radical (unpaired) electrons. The maximum absolute atomic E-state index is 13.1. The summed E-state index contributed by atoms with van der Waals surface area (Å²) in [4.78, 5) is 29.3. The van der Waals surface area contributed by atoms with E-state index >= 15 is 0 Å². The van der Waals surface area contributed by atoms with E-state index in [0.717, 1.165) is 17.7 Å². The number of hydrogen-bond acceptors (Lipinski definition) is 3. The Kier molecular flexibility index (Phi) is 7.79. The largest absolute Gasteiger partial charge is 0.416 e. The summed E-state index contributed by atoms with van der Waals surface area (Å²) in [6.07, 6.45) is -4.84. The third kappa shape index (κ3) is 6.57. The van der Waals surface area contributed by atoms with E-state index in [1.807, 2.05) is 32.9 Å². The minimum Gasteiger partial charge on any atom is -0.373 e. The highest BCUT2D eigenvalue weighted by atomic mass is 19.4. The molecule has 0 bridgehead atoms. The molecule has 33 heavy (non-hydrogen) atoms. The Balaban J connectivity index is 1.70. The Morgan fingerprint density at radius 3 is 2.24 bits per heavy atom. The number of nitrogens with zero attached hydrogens (tertiary/aromatic N) is 2. The third-order valence-electron chi connectivity index (χ3n) is 5.48. The van der Waals surface area contributed by atoms with Crippen molar-refractivity contribution in [2.24, 2.45) is 5.92 Å². The van der Waals surface area contributed by atoms with Crippen molar-refractivity contribution in [3.05, 3.63) is 70.8 Å². The molecule has 1 aliphatic heterocycles. The Morgan fingerprint density at radius 1 is 1.06 bits per heavy atom. The van der Waals surface area contributed by atoms with Crippen LogP contribution in [0.15, 0.2) is 48.5 Å². The van der Waals surface area contributed by atoms with E-state index in [1.54, 1.807) is 21.9 Å². The molecule has 178 valence electrons. The maximum Gasteiger partial charge on any atom is 0.416 e. The molecule has 1 atom stereocenters. The van der Waals surface area contributed by atoms with Gasteiger partial charge in [-0.15, -0.1) is 0 Å². The predicted octanol–water partition coefficient (Wildman–Crippen LogP) is 4.65. The number of aryl methyl sites for hydroxylation is 1. The van der Waals surface area contributed by atoms with Gasteiger partial charge >= 0.3 is 6.18 Å². The van der Waals surface area contributed by atoms with Gasteiger partial charge in [0.1, 0.15) is 0 Å². The smallest absolute Gasteiger partial charge is 0.373 e. The van der Waals surface area contributed by atoms with Crippen molar-refractivity contribution >= 4 is 11.8 Å². The lowest BCUT2D eigenvalue weighted by Crippen LogP contribution is -2.51. The molecule has 1 aliphatic rings. The van der Waals surface area contributed by atoms with Crippen LogP contribution < -0.4 is 0 Å². The molecule has 8 heteroatoms. The highest BCUT2D eigenvalue weighted by Crippen LogP contribution is 2.29. The highest BCUT2D eigenvalue weighted by molar-refractivity contribution is 5.95. The Hall–Kier alpha value is -2.87. The second-order valence-corrected chi connectivity index (χ2v) is 8.79. The molecule has 2 amide bonds. The van der Waals surface area contributed by atoms with Crippen LogP contribution in [-0.4, -0.2) is 60.5 Å². The number of ether oxygens (including phenoxy) is 1. The van der Waals surface area contributed by atoms with Crippen LogP contribution in [0.25, 0.3) is 0 Å². The van der Waals surface area contributed by atoms with E-state index in [0.29, 0.717) is 31.8 Å². The molecule has 2 aromatic carbocycles. The van der Waals surface area contributed by atoms with Crippen molar-refractivity contribution in [2.45, 2.75) is 33.1 Å². The fourth-order valence-corrected chi connectivity index (χ4v) is 3.80. The topological polar surface area (TPSA) is 49.9 Å². The Bertz CT molecular complexity index is 956. The number of hydrogen-bond donors (Lipinski definition) is 0. The fourth-order valence-electron chi connectivity index (χ4n) is 3.80. The summed E-state index contributed by atoms with van der Waals surface area (Å²) in [5, 5.41) is 0. The van der Waals surface area contributed by atoms with E-state index in [4.69, 9.17) is 4.74 Å². The number of carbonyl (C=O) groups is 2. The summed E-state index contributed by atoms with van der Waals surface area (Å²) in [6.45, 7) is 7.69. The molecule has 2 aromatic rings. The predicted molar refractivity (Wildman–Crippen MR) is 119 cm³/mol. The van der Waals surface area contributed by atoms with Gasteiger partial charge in [-0.2, -0.15) is 13.2 Å². The zero-order chi connectivity index (χ0) is 24.2. The van der Waals surface area contributed by atoms with Crippen LogP contribution in [0.2, 0.25) is 0 Å². The summed E-state index contributed by atoms with van der Waals surface area (Å²) >= 11 is 0. The van der Waals surface area contributed by atoms with Crippen LogP contribution in [0.1, 0.15) is 45.7 Å². The van der Waals surface area contributed by atoms with Crippen molar-refractivity contribution in [3.63, 3.8) is 0 Å². The number of halogens is 3. The molecule has 5 nitrogen and oxygen atoms in total. The van der Waals surface area contributed by atoms with Gasteiger partial charge in [0.25, 0.3) is 11.8 Å². The Labute approximate surface area is 192 Å². The van der Waals surface area contributed by atoms with Crippen LogP contribution in [0.4, 0.5) is 13.2 Å². The van der Waals surface area contributed by atoms with Crippen molar-refractivity contribution in [1.29, 1.82) is 0 Å². The van der Waals surface area contributed by atoms with Crippen LogP contribution in [0.5, 0.6) is 0 Å². The molecule has 0 aromatic heterocycles. The number of amides is 2. The average molecular weight is 463 g/mol. The highest BCUT2D eigenvalue weighted by Gasteiger charge is 2.31. The molecular weight excluding hydrogens is 433 g/mol. The zero-order valence-corrected chi connectivity index (χ0v) is 19.1. The summed E-state index contributed by atoms with van der Waals surface area (Å²) in [6, 6.07) is 11.6. The first-order valence-corrected chi connectivity index (χ1v) is 11.0. The molecule has 0 aliphatic carbocycles. The normalized spacial score (nSPS) is 16.7. The molecule has 1 fully saturated rings. The van der Waals surface area contributed by atoms with Crippen LogP contribution >= 0.6 is 0 Å². The molecule has 0 spiro atoms. The minimum atomic E-state index is -4.46. The molecule has 0 N–H and O–H groups in total. The monoisotopic (exact) mass is 462 g/mol. The van der Waals surface area contributed by atoms with E-state index < -0.39 is 11.7 Å². The average Bonchev–Trinajstić information content (AvgIpc) is 2.77. The molecule has 3 rings (SSSR count). The van der Waals surface area contributed by atoms with Gasteiger partial charge in [-0.1, -0.05) is 31.5 Å². The number of morpholine rings is 1. The summed E-state index contributed by atoms with van der Waals surface area (Å²) in [5.41, 5.74) is 1.06. The third-order valence-corrected chi connectivity index (χ3v) is 5.48. The summed E-state index contributed by atoms with van der Waals surface area (Å²) in [5.74, 6) is -0.298. The van der Waals surface area contributed by atoms with Gasteiger partial charge in [-0.3, -0.25) is 9.59 Å². The fraction of sp³-hybridized carbons (Fsp3) is 0.440. The van der Waals surface area contributed by atoms with E-state index in [1.165, 1.54) is 12.1 Å². The molecule has 1 unspecified atom stereocenters. The van der Waals surface area contributed by atoms with Crippen LogP contribution in [-0.2, 0) is 10.9 Å². The lowest BCUT2D eigenvalue weighted by molar-refractivity contribution is -0.137. The first kappa shape index (κ1) is 24.8. The lowest BCUT2D eigenvalue weighted by atomic mass is 10.1. The van der Waals surface area contributed by atoms with E-state index in [9.17, 15) is 22.8 Å². The van der Waals surface area contributed by atoms with Gasteiger partial charge in [-0.05, 0) is 49.2 Å². The summed E-state index contributed by atoms with van der Waals surface area (Å²) < 4.78 is 44.4. The molecule has 1 saturated heterocycles. The second kappa shape index (κ2) is 10.4. The van der Waals surface area contributed by atoms with Gasteiger partial charge in [-0.25, -0.2) is 0 Å². The van der Waals surface area contributed by atoms with Gasteiger partial charge in [0, 0.05) is 37.3 Å². The molecular formula is C25H29F3N2O3. The Morgan fingerprint density at radius 2 is 1.67 bits per heavy atom. The molecule has 1 heterocycles. The second-order valence-electron chi connectivity index (χ2n) is 8.79. The van der Waals surface area contributed by atoms with E-state index in [-0.39, 0.29) is 35.9 Å². The number of alkyl halides is 3. The lowest BCUT2D eigenvalue weighted by Gasteiger charge is -2.36. The van der Waals surface area contributed by atoms with Gasteiger partial charge in [0.2, 0.25) is 0 Å². The SMILES string of the molecule is Cc1ccc(C(=O)N2CCOC(CN(CC(C)C)C(=O)c3ccc(C(F)(F)F)cc3)C2)cc1. The van der Waals surface area contributed by atoms with Crippen molar-refractivity contribution in [2.75, 3.05) is 32.8 Å². The standard InChI is InChI=1S/C25H29F3N2O3/c1-17(2)14-30(24(32)20-8-10-21(11-9-20)25(26,27)28)16-22-15-29(12-13-33-22)23(31)19-6-4-18(3)5-7-19/h4-11,17,22H,12-16H2,1-3H3. The van der Waals surface area contributed by atoms with Crippen molar-refractivity contribution < 1.29 is 27.5 Å². The van der Waals surface area contributed by atoms with Gasteiger partial charge < -0.3 is 14.5 Å². The van der Waals surface area contributed by atoms with Crippen LogP contribution in [0, 0.1) is 12.8 Å². The zero-order valence-electron chi connectivity index (χ0n) is 19.1. The summed E-state index contributed by atoms with van der Waals surface area (Å²) in [7, 11) is 0. The van der Waals surface area contributed by atoms with Crippen LogP contribution in [0.3, 0.4) is 0 Å². The number of benzene rings is 2. The minimum absolute atomic E-state index is 0.0900.